The lowest BCUT2D eigenvalue weighted by Crippen LogP contribution is -2.63. The molecule has 3 N–H and O–H groups in total. The van der Waals surface area contributed by atoms with Crippen molar-refractivity contribution in [1.29, 1.82) is 0 Å². The summed E-state index contributed by atoms with van der Waals surface area (Å²) in [7, 11) is 6.50. The lowest BCUT2D eigenvalue weighted by molar-refractivity contribution is 0.0412. The van der Waals surface area contributed by atoms with Gasteiger partial charge in [-0.2, -0.15) is 22.1 Å². The summed E-state index contributed by atoms with van der Waals surface area (Å²) in [5.74, 6) is 2.67. The molecule has 1 atom stereocenters. The van der Waals surface area contributed by atoms with Crippen LogP contribution in [0.25, 0.3) is 5.65 Å². The van der Waals surface area contributed by atoms with E-state index in [1.165, 1.54) is 4.52 Å². The number of hydrazine groups is 1. The van der Waals surface area contributed by atoms with Gasteiger partial charge in [-0.1, -0.05) is 13.3 Å². The first-order valence-electron chi connectivity index (χ1n) is 13.1. The molecule has 1 aromatic carbocycles. The topological polar surface area (TPSA) is 121 Å². The number of nitrogen functional groups attached to an aromatic ring is 1. The van der Waals surface area contributed by atoms with E-state index < -0.39 is 5.62 Å². The Balaban J connectivity index is 1.38. The number of nitrogens with two attached hydrogens (primary N) is 1. The van der Waals surface area contributed by atoms with Crippen LogP contribution in [0.3, 0.4) is 0 Å². The highest BCUT2D eigenvalue weighted by Crippen LogP contribution is 2.29. The molecule has 3 aromatic rings. The van der Waals surface area contributed by atoms with Crippen molar-refractivity contribution in [2.24, 2.45) is 4.99 Å². The molecule has 38 heavy (non-hydrogen) atoms. The zero-order valence-corrected chi connectivity index (χ0v) is 22.6. The maximum absolute atomic E-state index is 11.4. The van der Waals surface area contributed by atoms with Gasteiger partial charge in [-0.3, -0.25) is 10.0 Å². The summed E-state index contributed by atoms with van der Waals surface area (Å²) in [6, 6.07) is 9.84. The number of aromatic nitrogens is 4. The Morgan fingerprint density at radius 2 is 1.95 bits per heavy atom. The van der Waals surface area contributed by atoms with Gasteiger partial charge in [-0.05, 0) is 43.5 Å². The number of nitrogens with zero attached hydrogens (tertiary/aromatic N) is 8. The molecular formula is C25H34BN9O2S. The minimum Gasteiger partial charge on any atom is -0.493 e. The molecule has 2 aliphatic rings. The molecular weight excluding hydrogens is 501 g/mol. The molecule has 1 fully saturated rings. The fraction of sp³-hybridized carbons (Fsp3) is 0.520. The SMILES string of the molecule is [B]C(O)(CCC)N(c1cc2nc(C3=NCCC3)nn2c(N)n1)N1CCN(c2ccc(OCCS)cc2)CC1. The van der Waals surface area contributed by atoms with Crippen molar-refractivity contribution in [2.75, 3.05) is 60.7 Å². The van der Waals surface area contributed by atoms with Crippen LogP contribution in [0.1, 0.15) is 38.4 Å². The van der Waals surface area contributed by atoms with Gasteiger partial charge in [0.1, 0.15) is 19.2 Å². The number of thiol groups is 1. The molecule has 2 radical (unpaired) electrons. The normalized spacial score (nSPS) is 18.0. The van der Waals surface area contributed by atoms with Gasteiger partial charge in [0.15, 0.2) is 17.3 Å². The second kappa shape index (κ2) is 11.4. The molecule has 4 heterocycles. The lowest BCUT2D eigenvalue weighted by Gasteiger charge is -2.48. The lowest BCUT2D eigenvalue weighted by atomic mass is 9.85. The zero-order valence-electron chi connectivity index (χ0n) is 21.7. The van der Waals surface area contributed by atoms with E-state index in [2.05, 4.69) is 49.7 Å². The first-order chi connectivity index (χ1) is 18.4. The third kappa shape index (κ3) is 5.54. The summed E-state index contributed by atoms with van der Waals surface area (Å²) >= 11 is 4.19. The number of aliphatic hydroxyl groups is 1. The Morgan fingerprint density at radius 1 is 1.18 bits per heavy atom. The molecule has 0 aliphatic carbocycles. The molecule has 1 saturated heterocycles. The van der Waals surface area contributed by atoms with Crippen LogP contribution in [-0.2, 0) is 0 Å². The van der Waals surface area contributed by atoms with Gasteiger partial charge in [0, 0.05) is 50.2 Å². The highest BCUT2D eigenvalue weighted by atomic mass is 32.1. The molecule has 1 unspecified atom stereocenters. The standard InChI is InChI=1S/C25H34BN9O2S/c1-2-9-25(26,36)35(22-17-21-29-23(20-4-3-10-28-20)31-34(21)24(27)30-22)33-13-11-32(12-14-33)18-5-7-19(8-6-18)37-15-16-38/h5-8,17,36,38H,2-4,9-16H2,1H3,(H2,27,30). The van der Waals surface area contributed by atoms with Crippen molar-refractivity contribution in [1.82, 2.24) is 24.6 Å². The Bertz CT molecular complexity index is 1280. The summed E-state index contributed by atoms with van der Waals surface area (Å²) in [6.45, 7) is 6.08. The number of aliphatic imine (C=N–C) groups is 1. The van der Waals surface area contributed by atoms with Gasteiger partial charge >= 0.3 is 0 Å². The highest BCUT2D eigenvalue weighted by molar-refractivity contribution is 7.80. The molecule has 11 nitrogen and oxygen atoms in total. The first-order valence-corrected chi connectivity index (χ1v) is 13.7. The monoisotopic (exact) mass is 535 g/mol. The predicted octanol–water partition coefficient (Wildman–Crippen LogP) is 1.76. The van der Waals surface area contributed by atoms with E-state index in [4.69, 9.17) is 18.3 Å². The van der Waals surface area contributed by atoms with Crippen LogP contribution in [0.15, 0.2) is 35.3 Å². The summed E-state index contributed by atoms with van der Waals surface area (Å²) in [4.78, 5) is 16.0. The minimum absolute atomic E-state index is 0.172. The van der Waals surface area contributed by atoms with Crippen LogP contribution < -0.4 is 20.4 Å². The second-order valence-corrected chi connectivity index (χ2v) is 10.0. The molecule has 0 amide bonds. The third-order valence-corrected chi connectivity index (χ3v) is 6.95. The minimum atomic E-state index is -1.65. The van der Waals surface area contributed by atoms with Crippen LogP contribution in [-0.4, -0.2) is 94.0 Å². The van der Waals surface area contributed by atoms with Crippen molar-refractivity contribution >= 4 is 49.3 Å². The Kier molecular flexibility index (Phi) is 7.96. The van der Waals surface area contributed by atoms with Crippen LogP contribution >= 0.6 is 12.6 Å². The molecule has 0 saturated carbocycles. The van der Waals surface area contributed by atoms with Crippen molar-refractivity contribution < 1.29 is 9.84 Å². The number of fused-ring (bicyclic) bond motifs is 1. The Hall–Kier alpha value is -3.03. The van der Waals surface area contributed by atoms with Gasteiger partial charge in [-0.25, -0.2) is 9.99 Å². The number of anilines is 3. The van der Waals surface area contributed by atoms with E-state index in [1.54, 1.807) is 11.1 Å². The number of hydrogen-bond donors (Lipinski definition) is 3. The van der Waals surface area contributed by atoms with E-state index >= 15 is 0 Å². The molecule has 2 aliphatic heterocycles. The highest BCUT2D eigenvalue weighted by Gasteiger charge is 2.36. The molecule has 0 spiro atoms. The van der Waals surface area contributed by atoms with E-state index in [0.717, 1.165) is 49.6 Å². The maximum atomic E-state index is 11.4. The smallest absolute Gasteiger partial charge is 0.225 e. The second-order valence-electron chi connectivity index (χ2n) is 9.56. The Labute approximate surface area is 229 Å². The summed E-state index contributed by atoms with van der Waals surface area (Å²) in [5, 5.41) is 19.6. The molecule has 2 aromatic heterocycles. The van der Waals surface area contributed by atoms with Gasteiger partial charge in [0.2, 0.25) is 5.95 Å². The van der Waals surface area contributed by atoms with Gasteiger partial charge < -0.3 is 20.5 Å². The van der Waals surface area contributed by atoms with Crippen molar-refractivity contribution in [3.63, 3.8) is 0 Å². The van der Waals surface area contributed by atoms with Gasteiger partial charge in [-0.15, -0.1) is 5.10 Å². The zero-order chi connectivity index (χ0) is 26.7. The van der Waals surface area contributed by atoms with Crippen LogP contribution in [0.2, 0.25) is 0 Å². The van der Waals surface area contributed by atoms with Crippen LogP contribution in [0.4, 0.5) is 17.5 Å². The van der Waals surface area contributed by atoms with Crippen molar-refractivity contribution in [3.8, 4) is 5.75 Å². The van der Waals surface area contributed by atoms with Crippen molar-refractivity contribution in [3.05, 3.63) is 36.2 Å². The summed E-state index contributed by atoms with van der Waals surface area (Å²) in [5.41, 5.74) is 7.19. The summed E-state index contributed by atoms with van der Waals surface area (Å²) in [6.07, 6.45) is 2.88. The van der Waals surface area contributed by atoms with Crippen LogP contribution in [0, 0.1) is 0 Å². The largest absolute Gasteiger partial charge is 0.493 e. The number of hydrogen-bond acceptors (Lipinski definition) is 11. The van der Waals surface area contributed by atoms with Gasteiger partial charge in [0.05, 0.1) is 12.3 Å². The molecule has 200 valence electrons. The average Bonchev–Trinajstić information content (AvgIpc) is 3.59. The molecule has 0 bridgehead atoms. The van der Waals surface area contributed by atoms with Gasteiger partial charge in [0.25, 0.3) is 0 Å². The fourth-order valence-electron chi connectivity index (χ4n) is 4.98. The van der Waals surface area contributed by atoms with E-state index in [0.29, 0.717) is 55.6 Å². The average molecular weight is 535 g/mol. The number of piperazine rings is 1. The van der Waals surface area contributed by atoms with E-state index in [1.807, 2.05) is 24.1 Å². The molecule has 13 heteroatoms. The molecule has 5 rings (SSSR count). The predicted molar refractivity (Wildman–Crippen MR) is 153 cm³/mol. The number of ether oxygens (including phenoxy) is 1. The number of rotatable bonds is 10. The number of benzene rings is 1. The Morgan fingerprint density at radius 3 is 2.61 bits per heavy atom. The van der Waals surface area contributed by atoms with Crippen molar-refractivity contribution in [2.45, 2.75) is 38.2 Å². The summed E-state index contributed by atoms with van der Waals surface area (Å²) < 4.78 is 7.15. The van der Waals surface area contributed by atoms with E-state index in [9.17, 15) is 5.11 Å². The quantitative estimate of drug-likeness (QED) is 0.203. The first kappa shape index (κ1) is 26.6. The maximum Gasteiger partial charge on any atom is 0.225 e. The van der Waals surface area contributed by atoms with Crippen LogP contribution in [0.5, 0.6) is 5.75 Å². The van der Waals surface area contributed by atoms with E-state index in [-0.39, 0.29) is 5.95 Å². The fourth-order valence-corrected chi connectivity index (χ4v) is 5.08. The third-order valence-electron chi connectivity index (χ3n) is 6.77.